The average Bonchev–Trinajstić information content (AvgIpc) is 2.78. The van der Waals surface area contributed by atoms with E-state index in [9.17, 15) is 14.4 Å². The zero-order chi connectivity index (χ0) is 22.5. The van der Waals surface area contributed by atoms with E-state index in [2.05, 4.69) is 17.6 Å². The molecule has 2 bridgehead atoms. The maximum atomic E-state index is 13.3. The van der Waals surface area contributed by atoms with E-state index >= 15 is 0 Å². The van der Waals surface area contributed by atoms with Gasteiger partial charge >= 0.3 is 0 Å². The molecule has 172 valence electrons. The zero-order valence-corrected chi connectivity index (χ0v) is 19.0. The van der Waals surface area contributed by atoms with Crippen molar-refractivity contribution >= 4 is 17.7 Å². The molecule has 1 aromatic carbocycles. The van der Waals surface area contributed by atoms with Gasteiger partial charge in [-0.3, -0.25) is 14.4 Å². The third-order valence-corrected chi connectivity index (χ3v) is 8.21. The second-order valence-corrected chi connectivity index (χ2v) is 10.4. The first-order valence-electron chi connectivity index (χ1n) is 12.0. The number of hydrogen-bond acceptors (Lipinski definition) is 4. The first kappa shape index (κ1) is 21.3. The topological polar surface area (TPSA) is 87.7 Å². The van der Waals surface area contributed by atoms with Gasteiger partial charge in [0.1, 0.15) is 11.8 Å². The standard InChI is InChI=1S/C25H33N3O4/c1-16(23(31)28-12-6-3-7-13-28)26-22(30)19-14-17-10-11-24(19,2)15-25(17)27-21(29)18-8-4-5-9-20(18)32-25/h4-5,8-9,16-17,19H,3,6-7,10-15H2,1-2H3,(H,26,30)(H,27,29)/t16-,17-,19-,24+,25-/m0/s1. The molecule has 32 heavy (non-hydrogen) atoms. The van der Waals surface area contributed by atoms with Crippen molar-refractivity contribution in [3.63, 3.8) is 0 Å². The lowest BCUT2D eigenvalue weighted by molar-refractivity contribution is -0.168. The number of benzene rings is 1. The first-order chi connectivity index (χ1) is 15.3. The number of carbonyl (C=O) groups excluding carboxylic acids is 3. The Morgan fingerprint density at radius 1 is 1.22 bits per heavy atom. The van der Waals surface area contributed by atoms with Gasteiger partial charge in [-0.2, -0.15) is 0 Å². The molecule has 3 aliphatic carbocycles. The highest BCUT2D eigenvalue weighted by atomic mass is 16.5. The summed E-state index contributed by atoms with van der Waals surface area (Å²) >= 11 is 0. The first-order valence-corrected chi connectivity index (χ1v) is 12.0. The number of piperidine rings is 1. The molecule has 0 unspecified atom stereocenters. The minimum atomic E-state index is -0.759. The second kappa shape index (κ2) is 7.78. The smallest absolute Gasteiger partial charge is 0.258 e. The second-order valence-electron chi connectivity index (χ2n) is 10.4. The van der Waals surface area contributed by atoms with Gasteiger partial charge in [-0.25, -0.2) is 0 Å². The van der Waals surface area contributed by atoms with Crippen LogP contribution in [0, 0.1) is 17.3 Å². The van der Waals surface area contributed by atoms with Gasteiger partial charge in [0.05, 0.1) is 5.56 Å². The molecular weight excluding hydrogens is 406 g/mol. The molecule has 0 aromatic heterocycles. The van der Waals surface area contributed by atoms with Crippen LogP contribution >= 0.6 is 0 Å². The number of nitrogens with zero attached hydrogens (tertiary/aromatic N) is 1. The molecule has 7 heteroatoms. The van der Waals surface area contributed by atoms with Crippen LogP contribution in [-0.4, -0.2) is 47.5 Å². The van der Waals surface area contributed by atoms with Crippen molar-refractivity contribution in [2.45, 2.75) is 70.6 Å². The highest BCUT2D eigenvalue weighted by Crippen LogP contribution is 2.58. The Morgan fingerprint density at radius 2 is 1.97 bits per heavy atom. The van der Waals surface area contributed by atoms with E-state index in [1.54, 1.807) is 13.0 Å². The van der Waals surface area contributed by atoms with E-state index in [1.807, 2.05) is 23.1 Å². The number of fused-ring (bicyclic) bond motifs is 3. The van der Waals surface area contributed by atoms with Crippen molar-refractivity contribution in [3.05, 3.63) is 29.8 Å². The minimum absolute atomic E-state index is 0.0140. The van der Waals surface area contributed by atoms with Crippen LogP contribution < -0.4 is 15.4 Å². The summed E-state index contributed by atoms with van der Waals surface area (Å²) in [4.78, 5) is 40.8. The molecular formula is C25H33N3O4. The Balaban J connectivity index is 1.30. The fourth-order valence-electron chi connectivity index (χ4n) is 6.42. The summed E-state index contributed by atoms with van der Waals surface area (Å²) in [5.41, 5.74) is -0.499. The third-order valence-electron chi connectivity index (χ3n) is 8.21. The Bertz CT molecular complexity index is 943. The maximum Gasteiger partial charge on any atom is 0.258 e. The summed E-state index contributed by atoms with van der Waals surface area (Å²) in [5, 5.41) is 6.17. The summed E-state index contributed by atoms with van der Waals surface area (Å²) in [5.74, 6) is 0.345. The quantitative estimate of drug-likeness (QED) is 0.758. The van der Waals surface area contributed by atoms with Crippen LogP contribution in [0.2, 0.25) is 0 Å². The number of amides is 3. The van der Waals surface area contributed by atoms with Crippen LogP contribution in [0.15, 0.2) is 24.3 Å². The van der Waals surface area contributed by atoms with Gasteiger partial charge in [-0.05, 0) is 63.0 Å². The van der Waals surface area contributed by atoms with Crippen LogP contribution in [0.3, 0.4) is 0 Å². The normalized spacial score (nSPS) is 34.3. The lowest BCUT2D eigenvalue weighted by Gasteiger charge is -2.59. The van der Waals surface area contributed by atoms with E-state index in [0.717, 1.165) is 45.2 Å². The van der Waals surface area contributed by atoms with E-state index in [-0.39, 0.29) is 35.0 Å². The number of carbonyl (C=O) groups is 3. The van der Waals surface area contributed by atoms with Gasteiger partial charge in [0.15, 0.2) is 5.72 Å². The summed E-state index contributed by atoms with van der Waals surface area (Å²) in [6.45, 7) is 5.48. The van der Waals surface area contributed by atoms with Gasteiger partial charge in [-0.1, -0.05) is 19.1 Å². The van der Waals surface area contributed by atoms with E-state index in [1.165, 1.54) is 0 Å². The summed E-state index contributed by atoms with van der Waals surface area (Å²) in [7, 11) is 0. The summed E-state index contributed by atoms with van der Waals surface area (Å²) in [6, 6.07) is 6.82. The number of para-hydroxylation sites is 1. The Morgan fingerprint density at radius 3 is 2.72 bits per heavy atom. The molecule has 4 fully saturated rings. The molecule has 0 radical (unpaired) electrons. The SMILES string of the molecule is C[C@H](NC(=O)[C@@H]1C[C@@H]2CC[C@]1(C)C[C@@]21NC(=O)c2ccccc2O1)C(=O)N1CCCCC1. The predicted molar refractivity (Wildman–Crippen MR) is 119 cm³/mol. The highest BCUT2D eigenvalue weighted by Gasteiger charge is 2.62. The van der Waals surface area contributed by atoms with Crippen molar-refractivity contribution in [2.75, 3.05) is 13.1 Å². The molecule has 2 heterocycles. The number of ether oxygens (including phenoxy) is 1. The lowest BCUT2D eigenvalue weighted by Crippen LogP contribution is -2.69. The molecule has 3 saturated carbocycles. The summed E-state index contributed by atoms with van der Waals surface area (Å²) in [6.07, 6.45) is 6.29. The third kappa shape index (κ3) is 3.46. The van der Waals surface area contributed by atoms with Crippen molar-refractivity contribution in [3.8, 4) is 5.75 Å². The average molecular weight is 440 g/mol. The molecule has 6 rings (SSSR count). The van der Waals surface area contributed by atoms with Crippen molar-refractivity contribution in [2.24, 2.45) is 17.3 Å². The van der Waals surface area contributed by atoms with Crippen LogP contribution in [0.25, 0.3) is 0 Å². The molecule has 1 aromatic rings. The number of rotatable bonds is 3. The predicted octanol–water partition coefficient (Wildman–Crippen LogP) is 2.85. The van der Waals surface area contributed by atoms with Gasteiger partial charge in [0, 0.05) is 31.3 Å². The Labute approximate surface area is 189 Å². The van der Waals surface area contributed by atoms with Crippen LogP contribution in [0.1, 0.15) is 69.2 Å². The van der Waals surface area contributed by atoms with Crippen molar-refractivity contribution in [1.82, 2.24) is 15.5 Å². The van der Waals surface area contributed by atoms with Crippen LogP contribution in [0.4, 0.5) is 0 Å². The Hall–Kier alpha value is -2.57. The molecule has 5 atom stereocenters. The molecule has 2 N–H and O–H groups in total. The van der Waals surface area contributed by atoms with Gasteiger partial charge in [-0.15, -0.1) is 0 Å². The molecule has 5 aliphatic rings. The zero-order valence-electron chi connectivity index (χ0n) is 19.0. The van der Waals surface area contributed by atoms with E-state index in [0.29, 0.717) is 24.2 Å². The lowest BCUT2D eigenvalue weighted by atomic mass is 9.52. The molecule has 3 amide bonds. The van der Waals surface area contributed by atoms with Crippen LogP contribution in [-0.2, 0) is 9.59 Å². The minimum Gasteiger partial charge on any atom is -0.467 e. The molecule has 2 aliphatic heterocycles. The van der Waals surface area contributed by atoms with Gasteiger partial charge in [0.25, 0.3) is 5.91 Å². The van der Waals surface area contributed by atoms with Crippen molar-refractivity contribution in [1.29, 1.82) is 0 Å². The number of likely N-dealkylation sites (tertiary alicyclic amines) is 1. The molecule has 1 saturated heterocycles. The number of hydrogen-bond donors (Lipinski definition) is 2. The monoisotopic (exact) mass is 439 g/mol. The Kier molecular flexibility index (Phi) is 5.18. The van der Waals surface area contributed by atoms with Crippen LogP contribution in [0.5, 0.6) is 5.75 Å². The van der Waals surface area contributed by atoms with E-state index < -0.39 is 11.8 Å². The number of nitrogens with one attached hydrogen (secondary N) is 2. The van der Waals surface area contributed by atoms with Gasteiger partial charge < -0.3 is 20.3 Å². The fourth-order valence-corrected chi connectivity index (χ4v) is 6.42. The fraction of sp³-hybridized carbons (Fsp3) is 0.640. The summed E-state index contributed by atoms with van der Waals surface area (Å²) < 4.78 is 6.43. The molecule has 1 spiro atoms. The van der Waals surface area contributed by atoms with Gasteiger partial charge in [0.2, 0.25) is 11.8 Å². The highest BCUT2D eigenvalue weighted by molar-refractivity contribution is 5.98. The maximum absolute atomic E-state index is 13.3. The van der Waals surface area contributed by atoms with Crippen molar-refractivity contribution < 1.29 is 19.1 Å². The largest absolute Gasteiger partial charge is 0.467 e. The van der Waals surface area contributed by atoms with E-state index in [4.69, 9.17) is 4.74 Å². The molecule has 7 nitrogen and oxygen atoms in total.